The second kappa shape index (κ2) is 6.06. The first-order valence-electron chi connectivity index (χ1n) is 6.73. The van der Waals surface area contributed by atoms with Gasteiger partial charge in [0, 0.05) is 19.8 Å². The zero-order valence-corrected chi connectivity index (χ0v) is 12.4. The summed E-state index contributed by atoms with van der Waals surface area (Å²) in [7, 11) is 5.93. The molecule has 2 aromatic rings. The minimum atomic E-state index is -0.199. The van der Waals surface area contributed by atoms with Crippen LogP contribution in [0.5, 0.6) is 0 Å². The number of rotatable bonds is 4. The molecule has 1 N–H and O–H groups in total. The highest BCUT2D eigenvalue weighted by Crippen LogP contribution is 2.27. The molecule has 0 aliphatic rings. The van der Waals surface area contributed by atoms with Gasteiger partial charge in [0.1, 0.15) is 5.82 Å². The molecule has 2 aromatic carbocycles. The third-order valence-corrected chi connectivity index (χ3v) is 3.56. The van der Waals surface area contributed by atoms with Gasteiger partial charge in [-0.05, 0) is 54.9 Å². The zero-order valence-electron chi connectivity index (χ0n) is 12.4. The Morgan fingerprint density at radius 1 is 1.10 bits per heavy atom. The fourth-order valence-corrected chi connectivity index (χ4v) is 2.41. The van der Waals surface area contributed by atoms with E-state index in [9.17, 15) is 4.39 Å². The molecule has 0 heterocycles. The molecule has 0 bridgehead atoms. The van der Waals surface area contributed by atoms with Crippen molar-refractivity contribution >= 4 is 5.69 Å². The fraction of sp³-hybridized carbons (Fsp3) is 0.294. The molecule has 0 aliphatic heterocycles. The molecule has 3 heteroatoms. The Bertz CT molecular complexity index is 593. The van der Waals surface area contributed by atoms with Gasteiger partial charge in [-0.15, -0.1) is 0 Å². The van der Waals surface area contributed by atoms with Crippen LogP contribution in [0.2, 0.25) is 0 Å². The molecule has 0 fully saturated rings. The third kappa shape index (κ3) is 2.99. The van der Waals surface area contributed by atoms with Gasteiger partial charge in [-0.1, -0.05) is 18.2 Å². The van der Waals surface area contributed by atoms with Crippen molar-refractivity contribution in [1.82, 2.24) is 5.32 Å². The number of aryl methyl sites for hydroxylation is 1. The lowest BCUT2D eigenvalue weighted by Crippen LogP contribution is -2.19. The molecule has 20 heavy (non-hydrogen) atoms. The van der Waals surface area contributed by atoms with Crippen LogP contribution in [-0.2, 0) is 0 Å². The van der Waals surface area contributed by atoms with Crippen molar-refractivity contribution in [3.05, 3.63) is 65.0 Å². The largest absolute Gasteiger partial charge is 0.378 e. The second-order valence-corrected chi connectivity index (χ2v) is 5.21. The SMILES string of the molecule is CNC(c1cccc(N(C)C)c1)c1cc(F)ccc1C. The summed E-state index contributed by atoms with van der Waals surface area (Å²) in [6.45, 7) is 2.01. The van der Waals surface area contributed by atoms with Crippen LogP contribution < -0.4 is 10.2 Å². The number of hydrogen-bond donors (Lipinski definition) is 1. The van der Waals surface area contributed by atoms with Gasteiger partial charge < -0.3 is 10.2 Å². The first-order valence-corrected chi connectivity index (χ1v) is 6.73. The zero-order chi connectivity index (χ0) is 14.7. The van der Waals surface area contributed by atoms with E-state index in [4.69, 9.17) is 0 Å². The van der Waals surface area contributed by atoms with Gasteiger partial charge in [0.05, 0.1) is 6.04 Å². The molecular weight excluding hydrogens is 251 g/mol. The predicted molar refractivity (Wildman–Crippen MR) is 82.8 cm³/mol. The number of nitrogens with one attached hydrogen (secondary N) is 1. The van der Waals surface area contributed by atoms with Gasteiger partial charge >= 0.3 is 0 Å². The van der Waals surface area contributed by atoms with E-state index in [-0.39, 0.29) is 11.9 Å². The van der Waals surface area contributed by atoms with Crippen LogP contribution in [0.3, 0.4) is 0 Å². The van der Waals surface area contributed by atoms with Crippen molar-refractivity contribution in [1.29, 1.82) is 0 Å². The Morgan fingerprint density at radius 3 is 2.50 bits per heavy atom. The van der Waals surface area contributed by atoms with Crippen LogP contribution >= 0.6 is 0 Å². The average Bonchev–Trinajstić information content (AvgIpc) is 2.44. The third-order valence-electron chi connectivity index (χ3n) is 3.56. The fourth-order valence-electron chi connectivity index (χ4n) is 2.41. The van der Waals surface area contributed by atoms with Crippen molar-refractivity contribution in [2.75, 3.05) is 26.0 Å². The smallest absolute Gasteiger partial charge is 0.123 e. The number of anilines is 1. The predicted octanol–water partition coefficient (Wildman–Crippen LogP) is 3.51. The maximum atomic E-state index is 13.5. The molecule has 0 spiro atoms. The standard InChI is InChI=1S/C17H21FN2/c1-12-8-9-14(18)11-16(12)17(19-2)13-6-5-7-15(10-13)20(3)4/h5-11,17,19H,1-4H3. The first kappa shape index (κ1) is 14.5. The quantitative estimate of drug-likeness (QED) is 0.916. The lowest BCUT2D eigenvalue weighted by molar-refractivity contribution is 0.615. The number of halogens is 1. The van der Waals surface area contributed by atoms with Crippen LogP contribution in [0.25, 0.3) is 0 Å². The lowest BCUT2D eigenvalue weighted by Gasteiger charge is -2.21. The van der Waals surface area contributed by atoms with Crippen molar-refractivity contribution in [3.63, 3.8) is 0 Å². The molecule has 2 rings (SSSR count). The van der Waals surface area contributed by atoms with Crippen molar-refractivity contribution < 1.29 is 4.39 Å². The van der Waals surface area contributed by atoms with Crippen LogP contribution in [0.4, 0.5) is 10.1 Å². The minimum Gasteiger partial charge on any atom is -0.378 e. The van der Waals surface area contributed by atoms with Gasteiger partial charge in [0.2, 0.25) is 0 Å². The molecule has 106 valence electrons. The molecule has 0 saturated heterocycles. The Hall–Kier alpha value is -1.87. The van der Waals surface area contributed by atoms with Crippen LogP contribution in [0.15, 0.2) is 42.5 Å². The first-order chi connectivity index (χ1) is 9.52. The molecule has 1 unspecified atom stereocenters. The molecule has 0 saturated carbocycles. The highest BCUT2D eigenvalue weighted by Gasteiger charge is 2.15. The van der Waals surface area contributed by atoms with E-state index in [0.29, 0.717) is 0 Å². The van der Waals surface area contributed by atoms with E-state index in [1.54, 1.807) is 6.07 Å². The van der Waals surface area contributed by atoms with E-state index in [0.717, 1.165) is 22.4 Å². The average molecular weight is 272 g/mol. The summed E-state index contributed by atoms with van der Waals surface area (Å²) in [5.41, 5.74) is 4.33. The molecule has 1 atom stereocenters. The van der Waals surface area contributed by atoms with Crippen molar-refractivity contribution in [3.8, 4) is 0 Å². The number of benzene rings is 2. The van der Waals surface area contributed by atoms with Gasteiger partial charge in [0.25, 0.3) is 0 Å². The molecule has 2 nitrogen and oxygen atoms in total. The Labute approximate surface area is 120 Å². The summed E-state index contributed by atoms with van der Waals surface area (Å²) in [4.78, 5) is 2.06. The van der Waals surface area contributed by atoms with Gasteiger partial charge in [0.15, 0.2) is 0 Å². The second-order valence-electron chi connectivity index (χ2n) is 5.21. The summed E-state index contributed by atoms with van der Waals surface area (Å²) in [6.07, 6.45) is 0. The minimum absolute atomic E-state index is 0.00870. The van der Waals surface area contributed by atoms with Gasteiger partial charge in [-0.2, -0.15) is 0 Å². The summed E-state index contributed by atoms with van der Waals surface area (Å²) >= 11 is 0. The topological polar surface area (TPSA) is 15.3 Å². The highest BCUT2D eigenvalue weighted by molar-refractivity contribution is 5.50. The van der Waals surface area contributed by atoms with E-state index in [2.05, 4.69) is 28.4 Å². The molecular formula is C17H21FN2. The lowest BCUT2D eigenvalue weighted by atomic mass is 9.94. The van der Waals surface area contributed by atoms with E-state index in [1.807, 2.05) is 40.2 Å². The molecule has 0 aliphatic carbocycles. The monoisotopic (exact) mass is 272 g/mol. The van der Waals surface area contributed by atoms with E-state index in [1.165, 1.54) is 6.07 Å². The summed E-state index contributed by atoms with van der Waals surface area (Å²) in [6, 6.07) is 13.2. The molecule has 0 amide bonds. The van der Waals surface area contributed by atoms with Crippen LogP contribution in [0.1, 0.15) is 22.7 Å². The molecule has 0 radical (unpaired) electrons. The highest BCUT2D eigenvalue weighted by atomic mass is 19.1. The maximum Gasteiger partial charge on any atom is 0.123 e. The number of hydrogen-bond acceptors (Lipinski definition) is 2. The van der Waals surface area contributed by atoms with Gasteiger partial charge in [-0.25, -0.2) is 4.39 Å². The summed E-state index contributed by atoms with van der Waals surface area (Å²) < 4.78 is 13.5. The van der Waals surface area contributed by atoms with Crippen LogP contribution in [0, 0.1) is 12.7 Å². The normalized spacial score (nSPS) is 12.2. The Morgan fingerprint density at radius 2 is 1.85 bits per heavy atom. The number of nitrogens with zero attached hydrogens (tertiary/aromatic N) is 1. The Kier molecular flexibility index (Phi) is 4.40. The van der Waals surface area contributed by atoms with E-state index < -0.39 is 0 Å². The van der Waals surface area contributed by atoms with Crippen molar-refractivity contribution in [2.45, 2.75) is 13.0 Å². The summed E-state index contributed by atoms with van der Waals surface area (Å²) in [5, 5.41) is 3.28. The maximum absolute atomic E-state index is 13.5. The Balaban J connectivity index is 2.46. The van der Waals surface area contributed by atoms with Crippen LogP contribution in [-0.4, -0.2) is 21.1 Å². The van der Waals surface area contributed by atoms with Crippen molar-refractivity contribution in [2.24, 2.45) is 0 Å². The van der Waals surface area contributed by atoms with E-state index >= 15 is 0 Å². The summed E-state index contributed by atoms with van der Waals surface area (Å²) in [5.74, 6) is -0.199. The van der Waals surface area contributed by atoms with Gasteiger partial charge in [-0.3, -0.25) is 0 Å². The molecule has 0 aromatic heterocycles.